The Kier molecular flexibility index (Phi) is 5.66. The summed E-state index contributed by atoms with van der Waals surface area (Å²) in [5, 5.41) is 23.8. The highest BCUT2D eigenvalue weighted by molar-refractivity contribution is 5.52. The summed E-state index contributed by atoms with van der Waals surface area (Å²) in [6.07, 6.45) is 0.796. The van der Waals surface area contributed by atoms with Gasteiger partial charge in [0.15, 0.2) is 0 Å². The van der Waals surface area contributed by atoms with Gasteiger partial charge in [0.2, 0.25) is 0 Å². The van der Waals surface area contributed by atoms with Crippen molar-refractivity contribution in [3.63, 3.8) is 0 Å². The van der Waals surface area contributed by atoms with Crippen molar-refractivity contribution in [1.82, 2.24) is 5.01 Å². The molecule has 0 aliphatic rings. The molecule has 2 N–H and O–H groups in total. The van der Waals surface area contributed by atoms with E-state index < -0.39 is 12.2 Å². The van der Waals surface area contributed by atoms with E-state index in [1.165, 1.54) is 0 Å². The monoisotopic (exact) mass is 174 g/mol. The standard InChI is InChI=1S/C8H18N2O2/c1-4-9-10(5-7(2)11)6-8(3)12/h4,7-8,11-12H,5-6H2,1-3H3. The molecular formula is C8H18N2O2. The maximum absolute atomic E-state index is 9.07. The van der Waals surface area contributed by atoms with Gasteiger partial charge < -0.3 is 10.2 Å². The van der Waals surface area contributed by atoms with Gasteiger partial charge in [0.05, 0.1) is 25.3 Å². The van der Waals surface area contributed by atoms with Crippen LogP contribution in [0.25, 0.3) is 0 Å². The van der Waals surface area contributed by atoms with Gasteiger partial charge in [-0.15, -0.1) is 0 Å². The van der Waals surface area contributed by atoms with E-state index in [-0.39, 0.29) is 0 Å². The van der Waals surface area contributed by atoms with E-state index in [2.05, 4.69) is 5.10 Å². The molecule has 0 aromatic heterocycles. The summed E-state index contributed by atoms with van der Waals surface area (Å²) in [5.74, 6) is 0. The average Bonchev–Trinajstić information content (AvgIpc) is 1.84. The van der Waals surface area contributed by atoms with Gasteiger partial charge >= 0.3 is 0 Å². The third-order valence-electron chi connectivity index (χ3n) is 1.23. The Bertz CT molecular complexity index is 125. The number of hydrazone groups is 1. The van der Waals surface area contributed by atoms with Crippen LogP contribution < -0.4 is 0 Å². The van der Waals surface area contributed by atoms with Crippen molar-refractivity contribution >= 4 is 6.21 Å². The number of nitrogens with zero attached hydrogens (tertiary/aromatic N) is 2. The van der Waals surface area contributed by atoms with Crippen LogP contribution in [0, 0.1) is 0 Å². The fourth-order valence-electron chi connectivity index (χ4n) is 0.942. The first-order valence-electron chi connectivity index (χ1n) is 4.16. The van der Waals surface area contributed by atoms with Gasteiger partial charge in [-0.05, 0) is 20.8 Å². The summed E-state index contributed by atoms with van der Waals surface area (Å²) in [6, 6.07) is 0. The number of hydrogen-bond donors (Lipinski definition) is 2. The summed E-state index contributed by atoms with van der Waals surface area (Å²) in [5.41, 5.74) is 0. The first kappa shape index (κ1) is 11.4. The third kappa shape index (κ3) is 6.12. The first-order chi connectivity index (χ1) is 5.56. The van der Waals surface area contributed by atoms with Crippen molar-refractivity contribution in [2.24, 2.45) is 5.10 Å². The Morgan fingerprint density at radius 3 is 1.92 bits per heavy atom. The lowest BCUT2D eigenvalue weighted by Crippen LogP contribution is -2.32. The maximum atomic E-state index is 9.07. The van der Waals surface area contributed by atoms with Crippen LogP contribution in [0.15, 0.2) is 5.10 Å². The van der Waals surface area contributed by atoms with Gasteiger partial charge in [-0.25, -0.2) is 0 Å². The Balaban J connectivity index is 3.86. The molecule has 0 rings (SSSR count). The largest absolute Gasteiger partial charge is 0.392 e. The van der Waals surface area contributed by atoms with Crippen molar-refractivity contribution in [3.05, 3.63) is 0 Å². The van der Waals surface area contributed by atoms with Crippen LogP contribution in [0.3, 0.4) is 0 Å². The van der Waals surface area contributed by atoms with Gasteiger partial charge in [0.1, 0.15) is 0 Å². The summed E-state index contributed by atoms with van der Waals surface area (Å²) in [7, 11) is 0. The van der Waals surface area contributed by atoms with Crippen LogP contribution in [0.2, 0.25) is 0 Å². The zero-order valence-corrected chi connectivity index (χ0v) is 7.94. The molecule has 0 heterocycles. The van der Waals surface area contributed by atoms with Crippen LogP contribution in [-0.2, 0) is 0 Å². The van der Waals surface area contributed by atoms with E-state index in [4.69, 9.17) is 10.2 Å². The van der Waals surface area contributed by atoms with E-state index in [1.807, 2.05) is 0 Å². The molecule has 0 amide bonds. The van der Waals surface area contributed by atoms with E-state index in [0.29, 0.717) is 13.1 Å². The van der Waals surface area contributed by atoms with Crippen LogP contribution in [0.5, 0.6) is 0 Å². The third-order valence-corrected chi connectivity index (χ3v) is 1.23. The van der Waals surface area contributed by atoms with Gasteiger partial charge in [0.25, 0.3) is 0 Å². The molecule has 12 heavy (non-hydrogen) atoms. The molecule has 4 nitrogen and oxygen atoms in total. The fraction of sp³-hybridized carbons (Fsp3) is 0.875. The van der Waals surface area contributed by atoms with E-state index in [9.17, 15) is 0 Å². The van der Waals surface area contributed by atoms with Gasteiger partial charge in [-0.1, -0.05) is 0 Å². The molecular weight excluding hydrogens is 156 g/mol. The van der Waals surface area contributed by atoms with Crippen molar-refractivity contribution < 1.29 is 10.2 Å². The molecule has 0 radical (unpaired) electrons. The minimum atomic E-state index is -0.424. The second-order valence-electron chi connectivity index (χ2n) is 2.94. The van der Waals surface area contributed by atoms with E-state index >= 15 is 0 Å². The van der Waals surface area contributed by atoms with Gasteiger partial charge in [-0.3, -0.25) is 5.01 Å². The van der Waals surface area contributed by atoms with Crippen LogP contribution in [0.1, 0.15) is 20.8 Å². The Morgan fingerprint density at radius 1 is 1.25 bits per heavy atom. The first-order valence-corrected chi connectivity index (χ1v) is 4.16. The molecule has 0 aromatic rings. The van der Waals surface area contributed by atoms with Crippen LogP contribution in [0.4, 0.5) is 0 Å². The highest BCUT2D eigenvalue weighted by Gasteiger charge is 2.07. The second-order valence-corrected chi connectivity index (χ2v) is 2.94. The number of hydrogen-bond acceptors (Lipinski definition) is 4. The van der Waals surface area contributed by atoms with Crippen molar-refractivity contribution in [2.75, 3.05) is 13.1 Å². The predicted molar refractivity (Wildman–Crippen MR) is 49.1 cm³/mol. The fourth-order valence-corrected chi connectivity index (χ4v) is 0.942. The highest BCUT2D eigenvalue weighted by Crippen LogP contribution is 1.95. The summed E-state index contributed by atoms with van der Waals surface area (Å²) in [6.45, 7) is 6.10. The zero-order valence-electron chi connectivity index (χ0n) is 7.94. The molecule has 0 aliphatic heterocycles. The Morgan fingerprint density at radius 2 is 1.67 bits per heavy atom. The second kappa shape index (κ2) is 5.97. The molecule has 0 aromatic carbocycles. The van der Waals surface area contributed by atoms with Crippen LogP contribution >= 0.6 is 0 Å². The quantitative estimate of drug-likeness (QED) is 0.457. The lowest BCUT2D eigenvalue weighted by atomic mass is 10.3. The molecule has 4 heteroatoms. The number of rotatable bonds is 5. The van der Waals surface area contributed by atoms with Gasteiger partial charge in [0, 0.05) is 6.21 Å². The zero-order chi connectivity index (χ0) is 9.56. The summed E-state index contributed by atoms with van der Waals surface area (Å²) < 4.78 is 0. The molecule has 0 spiro atoms. The summed E-state index contributed by atoms with van der Waals surface area (Å²) >= 11 is 0. The lowest BCUT2D eigenvalue weighted by molar-refractivity contribution is 0.0862. The minimum Gasteiger partial charge on any atom is -0.392 e. The smallest absolute Gasteiger partial charge is 0.0703 e. The SMILES string of the molecule is CC=NN(CC(C)O)CC(C)O. The van der Waals surface area contributed by atoms with Gasteiger partial charge in [-0.2, -0.15) is 5.10 Å². The molecule has 0 fully saturated rings. The molecule has 72 valence electrons. The Labute approximate surface area is 73.5 Å². The Hall–Kier alpha value is -0.610. The highest BCUT2D eigenvalue weighted by atomic mass is 16.3. The molecule has 0 saturated heterocycles. The molecule has 2 unspecified atom stereocenters. The van der Waals surface area contributed by atoms with E-state index in [0.717, 1.165) is 0 Å². The number of aliphatic hydroxyl groups is 2. The molecule has 2 atom stereocenters. The van der Waals surface area contributed by atoms with Crippen molar-refractivity contribution in [2.45, 2.75) is 33.0 Å². The van der Waals surface area contributed by atoms with Crippen LogP contribution in [-0.4, -0.2) is 46.7 Å². The molecule has 0 bridgehead atoms. The topological polar surface area (TPSA) is 56.1 Å². The number of aliphatic hydroxyl groups excluding tert-OH is 2. The maximum Gasteiger partial charge on any atom is 0.0703 e. The van der Waals surface area contributed by atoms with Crippen molar-refractivity contribution in [3.8, 4) is 0 Å². The minimum absolute atomic E-state index is 0.424. The predicted octanol–water partition coefficient (Wildman–Crippen LogP) is 0.0557. The normalized spacial score (nSPS) is 16.4. The summed E-state index contributed by atoms with van der Waals surface area (Å²) in [4.78, 5) is 0. The lowest BCUT2D eigenvalue weighted by Gasteiger charge is -2.21. The van der Waals surface area contributed by atoms with Crippen molar-refractivity contribution in [1.29, 1.82) is 0 Å². The average molecular weight is 174 g/mol. The molecule has 0 aliphatic carbocycles. The molecule has 0 saturated carbocycles. The van der Waals surface area contributed by atoms with E-state index in [1.54, 1.807) is 32.0 Å².